The predicted molar refractivity (Wildman–Crippen MR) is 87.6 cm³/mol. The number of para-hydroxylation sites is 2. The molecule has 1 heterocycles. The fraction of sp³-hybridized carbons (Fsp3) is 0.235. The fourth-order valence-corrected chi connectivity index (χ4v) is 3.20. The van der Waals surface area contributed by atoms with E-state index in [1.807, 2.05) is 30.3 Å². The highest BCUT2D eigenvalue weighted by Crippen LogP contribution is 2.27. The summed E-state index contributed by atoms with van der Waals surface area (Å²) in [4.78, 5) is 4.51. The summed E-state index contributed by atoms with van der Waals surface area (Å²) in [5.41, 5.74) is 3.06. The molecule has 108 valence electrons. The minimum absolute atomic E-state index is 0.302. The Morgan fingerprint density at radius 3 is 2.62 bits per heavy atom. The van der Waals surface area contributed by atoms with E-state index in [9.17, 15) is 0 Å². The van der Waals surface area contributed by atoms with Gasteiger partial charge in [0.25, 0.3) is 5.22 Å². The van der Waals surface area contributed by atoms with E-state index in [2.05, 4.69) is 41.5 Å². The second kappa shape index (κ2) is 6.78. The van der Waals surface area contributed by atoms with Crippen LogP contribution < -0.4 is 5.32 Å². The number of hydrogen-bond donors (Lipinski definition) is 1. The molecule has 21 heavy (non-hydrogen) atoms. The van der Waals surface area contributed by atoms with Gasteiger partial charge in [-0.05, 0) is 24.2 Å². The minimum Gasteiger partial charge on any atom is -0.431 e. The molecule has 2 aromatic carbocycles. The lowest BCUT2D eigenvalue weighted by Crippen LogP contribution is -2.22. The van der Waals surface area contributed by atoms with Crippen LogP contribution in [0, 0.1) is 0 Å². The Kier molecular flexibility index (Phi) is 4.58. The van der Waals surface area contributed by atoms with Crippen molar-refractivity contribution in [3.63, 3.8) is 0 Å². The van der Waals surface area contributed by atoms with Gasteiger partial charge in [0, 0.05) is 11.8 Å². The van der Waals surface area contributed by atoms with Crippen molar-refractivity contribution >= 4 is 22.9 Å². The Balaban J connectivity index is 1.71. The van der Waals surface area contributed by atoms with Crippen LogP contribution in [-0.2, 0) is 0 Å². The molecule has 1 aromatic heterocycles. The number of hydrogen-bond acceptors (Lipinski definition) is 4. The first kappa shape index (κ1) is 14.2. The van der Waals surface area contributed by atoms with Crippen molar-refractivity contribution in [2.24, 2.45) is 0 Å². The Hall–Kier alpha value is -1.78. The molecule has 3 nitrogen and oxygen atoms in total. The quantitative estimate of drug-likeness (QED) is 0.690. The number of thioether (sulfide) groups is 1. The molecule has 3 rings (SSSR count). The standard InChI is InChI=1S/C17H18N2OS/c1-2-18-15(13-8-4-3-5-9-13)12-21-17-19-14-10-6-7-11-16(14)20-17/h3-11,15,18H,2,12H2,1H3. The highest BCUT2D eigenvalue weighted by molar-refractivity contribution is 7.99. The van der Waals surface area contributed by atoms with E-state index in [4.69, 9.17) is 4.42 Å². The lowest BCUT2D eigenvalue weighted by atomic mass is 10.1. The van der Waals surface area contributed by atoms with Crippen molar-refractivity contribution in [2.45, 2.75) is 18.2 Å². The third-order valence-electron chi connectivity index (χ3n) is 3.30. The summed E-state index contributed by atoms with van der Waals surface area (Å²) in [5, 5.41) is 4.24. The highest BCUT2D eigenvalue weighted by Gasteiger charge is 2.13. The van der Waals surface area contributed by atoms with Gasteiger partial charge in [-0.15, -0.1) is 0 Å². The number of nitrogens with zero attached hydrogens (tertiary/aromatic N) is 1. The van der Waals surface area contributed by atoms with E-state index < -0.39 is 0 Å². The molecule has 0 fully saturated rings. The van der Waals surface area contributed by atoms with Crippen LogP contribution in [-0.4, -0.2) is 17.3 Å². The first-order valence-corrected chi connectivity index (χ1v) is 8.12. The van der Waals surface area contributed by atoms with Crippen molar-refractivity contribution in [3.05, 3.63) is 60.2 Å². The molecule has 0 spiro atoms. The van der Waals surface area contributed by atoms with Crippen molar-refractivity contribution in [2.75, 3.05) is 12.3 Å². The molecule has 0 radical (unpaired) electrons. The normalized spacial score (nSPS) is 12.6. The van der Waals surface area contributed by atoms with Gasteiger partial charge in [0.1, 0.15) is 5.52 Å². The molecule has 0 aliphatic heterocycles. The second-order valence-corrected chi connectivity index (χ2v) is 5.75. The molecule has 0 bridgehead atoms. The van der Waals surface area contributed by atoms with E-state index in [0.29, 0.717) is 6.04 Å². The molecule has 0 saturated heterocycles. The average molecular weight is 298 g/mol. The van der Waals surface area contributed by atoms with E-state index in [1.165, 1.54) is 5.56 Å². The van der Waals surface area contributed by atoms with Crippen molar-refractivity contribution < 1.29 is 4.42 Å². The first-order chi connectivity index (χ1) is 10.4. The summed E-state index contributed by atoms with van der Waals surface area (Å²) >= 11 is 1.65. The van der Waals surface area contributed by atoms with Gasteiger partial charge in [0.15, 0.2) is 5.58 Å². The first-order valence-electron chi connectivity index (χ1n) is 7.13. The van der Waals surface area contributed by atoms with Gasteiger partial charge >= 0.3 is 0 Å². The Morgan fingerprint density at radius 1 is 1.10 bits per heavy atom. The van der Waals surface area contributed by atoms with Crippen LogP contribution in [0.5, 0.6) is 0 Å². The maximum absolute atomic E-state index is 5.76. The summed E-state index contributed by atoms with van der Waals surface area (Å²) in [6.07, 6.45) is 0. The van der Waals surface area contributed by atoms with E-state index >= 15 is 0 Å². The molecule has 3 aromatic rings. The van der Waals surface area contributed by atoms with Gasteiger partial charge in [0.2, 0.25) is 0 Å². The van der Waals surface area contributed by atoms with Crippen LogP contribution in [0.2, 0.25) is 0 Å². The molecule has 0 aliphatic carbocycles. The second-order valence-electron chi connectivity index (χ2n) is 4.78. The smallest absolute Gasteiger partial charge is 0.256 e. The van der Waals surface area contributed by atoms with E-state index in [0.717, 1.165) is 28.6 Å². The number of aromatic nitrogens is 1. The minimum atomic E-state index is 0.302. The lowest BCUT2D eigenvalue weighted by molar-refractivity contribution is 0.488. The summed E-state index contributed by atoms with van der Waals surface area (Å²) in [6, 6.07) is 18.7. The Bertz CT molecular complexity index is 663. The summed E-state index contributed by atoms with van der Waals surface area (Å²) < 4.78 is 5.76. The van der Waals surface area contributed by atoms with Gasteiger partial charge in [-0.25, -0.2) is 4.98 Å². The number of benzene rings is 2. The van der Waals surface area contributed by atoms with Gasteiger partial charge in [-0.1, -0.05) is 61.2 Å². The maximum Gasteiger partial charge on any atom is 0.256 e. The molecular formula is C17H18N2OS. The highest BCUT2D eigenvalue weighted by atomic mass is 32.2. The van der Waals surface area contributed by atoms with Crippen LogP contribution >= 0.6 is 11.8 Å². The van der Waals surface area contributed by atoms with E-state index in [1.54, 1.807) is 11.8 Å². The number of fused-ring (bicyclic) bond motifs is 1. The predicted octanol–water partition coefficient (Wildman–Crippen LogP) is 4.27. The summed E-state index contributed by atoms with van der Waals surface area (Å²) in [7, 11) is 0. The third kappa shape index (κ3) is 3.46. The van der Waals surface area contributed by atoms with Gasteiger partial charge < -0.3 is 9.73 Å². The van der Waals surface area contributed by atoms with Crippen LogP contribution in [0.4, 0.5) is 0 Å². The van der Waals surface area contributed by atoms with Crippen molar-refractivity contribution in [1.82, 2.24) is 10.3 Å². The zero-order valence-corrected chi connectivity index (χ0v) is 12.8. The fourth-order valence-electron chi connectivity index (χ4n) is 2.27. The number of rotatable bonds is 6. The summed E-state index contributed by atoms with van der Waals surface area (Å²) in [5.74, 6) is 0.894. The van der Waals surface area contributed by atoms with Gasteiger partial charge in [-0.3, -0.25) is 0 Å². The Labute approximate surface area is 128 Å². The van der Waals surface area contributed by atoms with Crippen molar-refractivity contribution in [3.8, 4) is 0 Å². The largest absolute Gasteiger partial charge is 0.431 e. The molecule has 1 N–H and O–H groups in total. The molecule has 4 heteroatoms. The van der Waals surface area contributed by atoms with Crippen LogP contribution in [0.3, 0.4) is 0 Å². The zero-order chi connectivity index (χ0) is 14.5. The maximum atomic E-state index is 5.76. The van der Waals surface area contributed by atoms with Gasteiger partial charge in [0.05, 0.1) is 0 Å². The average Bonchev–Trinajstić information content (AvgIpc) is 2.95. The molecule has 0 aliphatic rings. The molecule has 1 unspecified atom stereocenters. The third-order valence-corrected chi connectivity index (χ3v) is 4.22. The van der Waals surface area contributed by atoms with Crippen molar-refractivity contribution in [1.29, 1.82) is 0 Å². The SMILES string of the molecule is CCNC(CSc1nc2ccccc2o1)c1ccccc1. The zero-order valence-electron chi connectivity index (χ0n) is 12.0. The van der Waals surface area contributed by atoms with Crippen LogP contribution in [0.15, 0.2) is 64.2 Å². The lowest BCUT2D eigenvalue weighted by Gasteiger charge is -2.16. The summed E-state index contributed by atoms with van der Waals surface area (Å²) in [6.45, 7) is 3.06. The molecular weight excluding hydrogens is 280 g/mol. The molecule has 0 amide bonds. The van der Waals surface area contributed by atoms with Gasteiger partial charge in [-0.2, -0.15) is 0 Å². The van der Waals surface area contributed by atoms with E-state index in [-0.39, 0.29) is 0 Å². The van der Waals surface area contributed by atoms with Crippen LogP contribution in [0.25, 0.3) is 11.1 Å². The molecule has 1 atom stereocenters. The van der Waals surface area contributed by atoms with Crippen LogP contribution in [0.1, 0.15) is 18.5 Å². The number of nitrogens with one attached hydrogen (secondary N) is 1. The topological polar surface area (TPSA) is 38.1 Å². The Morgan fingerprint density at radius 2 is 1.86 bits per heavy atom. The monoisotopic (exact) mass is 298 g/mol. The molecule has 0 saturated carbocycles. The number of oxazole rings is 1.